The van der Waals surface area contributed by atoms with Crippen molar-refractivity contribution < 1.29 is 4.74 Å². The molecule has 0 bridgehead atoms. The van der Waals surface area contributed by atoms with E-state index in [1.165, 1.54) is 0 Å². The van der Waals surface area contributed by atoms with Crippen molar-refractivity contribution in [1.29, 1.82) is 0 Å². The highest BCUT2D eigenvalue weighted by molar-refractivity contribution is 7.80. The maximum Gasteiger partial charge on any atom is 0.191 e. The van der Waals surface area contributed by atoms with Crippen LogP contribution in [0.5, 0.6) is 0 Å². The molecular formula is C10H13NOS. The van der Waals surface area contributed by atoms with Crippen molar-refractivity contribution in [2.45, 2.75) is 13.8 Å². The molecule has 0 aromatic heterocycles. The first kappa shape index (κ1) is 9.99. The number of hydrogen-bond donors (Lipinski definition) is 1. The molecule has 0 heterocycles. The summed E-state index contributed by atoms with van der Waals surface area (Å²) in [6, 6.07) is 3.83. The van der Waals surface area contributed by atoms with Crippen molar-refractivity contribution >= 4 is 23.0 Å². The molecule has 1 rings (SSSR count). The Morgan fingerprint density at radius 3 is 2.54 bits per heavy atom. The Morgan fingerprint density at radius 2 is 2.00 bits per heavy atom. The summed E-state index contributed by atoms with van der Waals surface area (Å²) in [6.45, 7) is 3.94. The van der Waals surface area contributed by atoms with Crippen molar-refractivity contribution in [2.75, 3.05) is 12.8 Å². The molecule has 0 atom stereocenters. The molecule has 0 aliphatic heterocycles. The quantitative estimate of drug-likeness (QED) is 0.551. The SMILES string of the molecule is COC(=S)c1c(C)ccc(N)c1C. The zero-order chi connectivity index (χ0) is 10.0. The average molecular weight is 195 g/mol. The summed E-state index contributed by atoms with van der Waals surface area (Å²) >= 11 is 5.08. The second-order valence-corrected chi connectivity index (χ2v) is 3.33. The third kappa shape index (κ3) is 1.80. The van der Waals surface area contributed by atoms with Gasteiger partial charge in [-0.15, -0.1) is 0 Å². The monoisotopic (exact) mass is 195 g/mol. The number of nitrogen functional groups attached to an aromatic ring is 1. The zero-order valence-corrected chi connectivity index (χ0v) is 8.87. The summed E-state index contributed by atoms with van der Waals surface area (Å²) in [5, 5.41) is 0.502. The standard InChI is InChI=1S/C10H13NOS/c1-6-4-5-8(11)7(2)9(6)10(13)12-3/h4-5H,11H2,1-3H3. The van der Waals surface area contributed by atoms with Crippen LogP contribution in [0.1, 0.15) is 16.7 Å². The second-order valence-electron chi connectivity index (χ2n) is 2.96. The summed E-state index contributed by atoms with van der Waals surface area (Å²) in [5.74, 6) is 0. The van der Waals surface area contributed by atoms with Crippen LogP contribution in [-0.2, 0) is 4.74 Å². The van der Waals surface area contributed by atoms with E-state index in [9.17, 15) is 0 Å². The Kier molecular flexibility index (Phi) is 2.88. The molecule has 13 heavy (non-hydrogen) atoms. The average Bonchev–Trinajstić information content (AvgIpc) is 2.12. The topological polar surface area (TPSA) is 35.2 Å². The Labute approximate surface area is 83.7 Å². The largest absolute Gasteiger partial charge is 0.486 e. The maximum atomic E-state index is 5.77. The van der Waals surface area contributed by atoms with Gasteiger partial charge in [-0.25, -0.2) is 0 Å². The van der Waals surface area contributed by atoms with Crippen molar-refractivity contribution in [3.63, 3.8) is 0 Å². The van der Waals surface area contributed by atoms with Crippen molar-refractivity contribution in [3.05, 3.63) is 28.8 Å². The molecule has 0 saturated heterocycles. The normalized spacial score (nSPS) is 9.77. The Bertz CT molecular complexity index is 347. The number of nitrogens with two attached hydrogens (primary N) is 1. The first-order chi connectivity index (χ1) is 6.07. The zero-order valence-electron chi connectivity index (χ0n) is 8.05. The van der Waals surface area contributed by atoms with Gasteiger partial charge in [0.2, 0.25) is 0 Å². The number of methoxy groups -OCH3 is 1. The van der Waals surface area contributed by atoms with Gasteiger partial charge in [0.15, 0.2) is 5.05 Å². The van der Waals surface area contributed by atoms with Gasteiger partial charge in [-0.1, -0.05) is 6.07 Å². The number of rotatable bonds is 1. The first-order valence-electron chi connectivity index (χ1n) is 4.02. The molecule has 2 nitrogen and oxygen atoms in total. The number of anilines is 1. The highest BCUT2D eigenvalue weighted by Gasteiger charge is 2.10. The van der Waals surface area contributed by atoms with Crippen LogP contribution in [0.4, 0.5) is 5.69 Å². The smallest absolute Gasteiger partial charge is 0.191 e. The fraction of sp³-hybridized carbons (Fsp3) is 0.300. The Morgan fingerprint density at radius 1 is 1.38 bits per heavy atom. The van der Waals surface area contributed by atoms with Gasteiger partial charge in [0, 0.05) is 11.3 Å². The number of benzene rings is 1. The minimum absolute atomic E-state index is 0.502. The number of hydrogen-bond acceptors (Lipinski definition) is 3. The van der Waals surface area contributed by atoms with E-state index in [0.717, 1.165) is 22.4 Å². The van der Waals surface area contributed by atoms with Gasteiger partial charge in [0.25, 0.3) is 0 Å². The molecule has 0 aliphatic rings. The number of thiocarbonyl (C=S) groups is 1. The lowest BCUT2D eigenvalue weighted by Crippen LogP contribution is -2.07. The van der Waals surface area contributed by atoms with E-state index in [2.05, 4.69) is 0 Å². The molecule has 0 amide bonds. The highest BCUT2D eigenvalue weighted by Crippen LogP contribution is 2.20. The lowest BCUT2D eigenvalue weighted by Gasteiger charge is -2.11. The van der Waals surface area contributed by atoms with E-state index in [1.807, 2.05) is 26.0 Å². The molecule has 0 fully saturated rings. The van der Waals surface area contributed by atoms with E-state index in [4.69, 9.17) is 22.7 Å². The predicted octanol–water partition coefficient (Wildman–Crippen LogP) is 2.21. The summed E-state index contributed by atoms with van der Waals surface area (Å²) in [6.07, 6.45) is 0. The lowest BCUT2D eigenvalue weighted by atomic mass is 10.0. The van der Waals surface area contributed by atoms with E-state index in [-0.39, 0.29) is 0 Å². The van der Waals surface area contributed by atoms with Crippen LogP contribution in [-0.4, -0.2) is 12.2 Å². The summed E-state index contributed by atoms with van der Waals surface area (Å²) in [4.78, 5) is 0. The van der Waals surface area contributed by atoms with Crippen LogP contribution in [0, 0.1) is 13.8 Å². The minimum Gasteiger partial charge on any atom is -0.486 e. The Balaban J connectivity index is 3.33. The molecule has 1 aromatic carbocycles. The van der Waals surface area contributed by atoms with Gasteiger partial charge in [0.05, 0.1) is 7.11 Å². The molecule has 0 spiro atoms. The van der Waals surface area contributed by atoms with E-state index in [1.54, 1.807) is 7.11 Å². The molecule has 3 heteroatoms. The molecule has 2 N–H and O–H groups in total. The van der Waals surface area contributed by atoms with E-state index >= 15 is 0 Å². The highest BCUT2D eigenvalue weighted by atomic mass is 32.1. The van der Waals surface area contributed by atoms with Crippen molar-refractivity contribution in [1.82, 2.24) is 0 Å². The van der Waals surface area contributed by atoms with Crippen LogP contribution in [0.15, 0.2) is 12.1 Å². The molecule has 70 valence electrons. The molecular weight excluding hydrogens is 182 g/mol. The number of ether oxygens (including phenoxy) is 1. The van der Waals surface area contributed by atoms with Crippen LogP contribution in [0.25, 0.3) is 0 Å². The van der Waals surface area contributed by atoms with Gasteiger partial charge in [-0.3, -0.25) is 0 Å². The fourth-order valence-corrected chi connectivity index (χ4v) is 1.59. The third-order valence-electron chi connectivity index (χ3n) is 2.10. The first-order valence-corrected chi connectivity index (χ1v) is 4.42. The third-order valence-corrected chi connectivity index (χ3v) is 2.48. The molecule has 0 unspecified atom stereocenters. The van der Waals surface area contributed by atoms with Crippen LogP contribution in [0.3, 0.4) is 0 Å². The number of aryl methyl sites for hydroxylation is 1. The lowest BCUT2D eigenvalue weighted by molar-refractivity contribution is 0.415. The van der Waals surface area contributed by atoms with Gasteiger partial charge >= 0.3 is 0 Å². The second kappa shape index (κ2) is 3.75. The van der Waals surface area contributed by atoms with E-state index < -0.39 is 0 Å². The van der Waals surface area contributed by atoms with Gasteiger partial charge in [-0.05, 0) is 43.3 Å². The summed E-state index contributed by atoms with van der Waals surface area (Å²) < 4.78 is 5.03. The minimum atomic E-state index is 0.502. The van der Waals surface area contributed by atoms with Crippen molar-refractivity contribution in [2.24, 2.45) is 0 Å². The molecule has 0 saturated carbocycles. The van der Waals surface area contributed by atoms with Crippen LogP contribution >= 0.6 is 12.2 Å². The summed E-state index contributed by atoms with van der Waals surface area (Å²) in [7, 11) is 1.57. The molecule has 0 aliphatic carbocycles. The van der Waals surface area contributed by atoms with Gasteiger partial charge in [0.1, 0.15) is 0 Å². The summed E-state index contributed by atoms with van der Waals surface area (Å²) in [5.41, 5.74) is 9.55. The molecule has 0 radical (unpaired) electrons. The van der Waals surface area contributed by atoms with Crippen molar-refractivity contribution in [3.8, 4) is 0 Å². The Hall–Kier alpha value is -1.09. The van der Waals surface area contributed by atoms with Crippen LogP contribution < -0.4 is 5.73 Å². The van der Waals surface area contributed by atoms with Gasteiger partial charge in [-0.2, -0.15) is 0 Å². The fourth-order valence-electron chi connectivity index (χ4n) is 1.28. The van der Waals surface area contributed by atoms with Crippen LogP contribution in [0.2, 0.25) is 0 Å². The predicted molar refractivity (Wildman–Crippen MR) is 59.0 cm³/mol. The van der Waals surface area contributed by atoms with Gasteiger partial charge < -0.3 is 10.5 Å². The maximum absolute atomic E-state index is 5.77. The van der Waals surface area contributed by atoms with E-state index in [0.29, 0.717) is 5.05 Å². The molecule has 1 aromatic rings.